The lowest BCUT2D eigenvalue weighted by molar-refractivity contribution is -0.370. The fourth-order valence-corrected chi connectivity index (χ4v) is 14.2. The Morgan fingerprint density at radius 1 is 0.646 bits per heavy atom. The second-order valence-electron chi connectivity index (χ2n) is 21.5. The summed E-state index contributed by atoms with van der Waals surface area (Å²) in [6.07, 6.45) is -18.4. The van der Waals surface area contributed by atoms with Gasteiger partial charge in [-0.1, -0.05) is 27.7 Å². The van der Waals surface area contributed by atoms with Gasteiger partial charge in [0.15, 0.2) is 24.7 Å². The number of rotatable bonds is 13. The predicted octanol–water partition coefficient (Wildman–Crippen LogP) is -2.81. The standard InChI is InChI=1S/C45H76O20/c1-18(17-59-40-36(55)34(53)31(50)26(14-46)60-40)7-10-45(58)19(2)30-25(65-45)12-24-22-6-5-20-11-21(49)8-9-43(20,3)23(22)13-29(44(24,30)4)63-42-38(57)39(33(52)28(16-48)62-42)64-41-37(56)35(54)32(51)27(15-47)61-41/h18-42,46-58H,5-17H2,1-4H3/t18-,19-,20+,21-,22+,23-,24-,25-,26+,27+,28+,29?,30-,31+,32+,33-,34-,35-,36+,37+,38+,39-,40+,41-,42-,43-,44+,45+/m0/s1. The van der Waals surface area contributed by atoms with E-state index in [9.17, 15) is 66.4 Å². The molecule has 0 amide bonds. The van der Waals surface area contributed by atoms with Crippen molar-refractivity contribution in [2.45, 2.75) is 202 Å². The van der Waals surface area contributed by atoms with Crippen LogP contribution in [0.5, 0.6) is 0 Å². The van der Waals surface area contributed by atoms with Crippen LogP contribution < -0.4 is 0 Å². The molecule has 0 aromatic rings. The minimum atomic E-state index is -1.83. The van der Waals surface area contributed by atoms with E-state index in [1.54, 1.807) is 0 Å². The third-order valence-corrected chi connectivity index (χ3v) is 18.1. The Bertz CT molecular complexity index is 1600. The summed E-state index contributed by atoms with van der Waals surface area (Å²) in [6, 6.07) is 0. The SMILES string of the molecule is C[C@@H](CC[C@@]1(O)O[C@H]2C[C@H]3[C@@H]4CC[C@@H]5C[C@@H](O)CC[C@]5(C)[C@H]4CC(O[C@@H]4O[C@H](CO)[C@H](O)[C@H](O[C@@H]5O[C@H](CO)[C@@H](O)[C@H](O)[C@H]5O)[C@H]4O)[C@]3(C)[C@H]2[C@@H]1C)CO[C@@H]1O[C@H](CO)[C@@H](O)[C@H](O)[C@H]1O. The summed E-state index contributed by atoms with van der Waals surface area (Å²) in [7, 11) is 0. The minimum Gasteiger partial charge on any atom is -0.394 e. The lowest BCUT2D eigenvalue weighted by atomic mass is 9.43. The molecule has 0 bridgehead atoms. The highest BCUT2D eigenvalue weighted by molar-refractivity contribution is 5.18. The van der Waals surface area contributed by atoms with Crippen molar-refractivity contribution >= 4 is 0 Å². The van der Waals surface area contributed by atoms with Gasteiger partial charge in [-0.15, -0.1) is 0 Å². The van der Waals surface area contributed by atoms with Crippen LogP contribution in [0.4, 0.5) is 0 Å². The van der Waals surface area contributed by atoms with Gasteiger partial charge in [0, 0.05) is 23.7 Å². The molecule has 0 aromatic carbocycles. The van der Waals surface area contributed by atoms with Crippen LogP contribution in [-0.2, 0) is 33.2 Å². The summed E-state index contributed by atoms with van der Waals surface area (Å²) in [5.41, 5.74) is -0.777. The van der Waals surface area contributed by atoms with Gasteiger partial charge in [0.05, 0.1) is 44.7 Å². The first kappa shape index (κ1) is 50.6. The van der Waals surface area contributed by atoms with E-state index in [1.165, 1.54) is 0 Å². The number of ether oxygens (including phenoxy) is 7. The van der Waals surface area contributed by atoms with Gasteiger partial charge in [-0.3, -0.25) is 0 Å². The molecule has 13 N–H and O–H groups in total. The molecule has 4 aliphatic heterocycles. The monoisotopic (exact) mass is 936 g/mol. The molecule has 20 heteroatoms. The van der Waals surface area contributed by atoms with Gasteiger partial charge in [-0.2, -0.15) is 0 Å². The van der Waals surface area contributed by atoms with Crippen molar-refractivity contribution in [1.29, 1.82) is 0 Å². The molecule has 4 heterocycles. The zero-order valence-electron chi connectivity index (χ0n) is 37.8. The van der Waals surface area contributed by atoms with E-state index in [-0.39, 0.29) is 60.2 Å². The molecule has 20 nitrogen and oxygen atoms in total. The summed E-state index contributed by atoms with van der Waals surface area (Å²) in [6.45, 7) is 6.44. The predicted molar refractivity (Wildman–Crippen MR) is 220 cm³/mol. The Labute approximate surface area is 379 Å². The van der Waals surface area contributed by atoms with Crippen molar-refractivity contribution in [2.24, 2.45) is 52.3 Å². The number of hydrogen-bond acceptors (Lipinski definition) is 20. The molecule has 4 saturated heterocycles. The van der Waals surface area contributed by atoms with E-state index in [2.05, 4.69) is 13.8 Å². The highest BCUT2D eigenvalue weighted by Gasteiger charge is 2.72. The Hall–Kier alpha value is -0.800. The van der Waals surface area contributed by atoms with Crippen molar-refractivity contribution in [3.05, 3.63) is 0 Å². The summed E-state index contributed by atoms with van der Waals surface area (Å²) in [4.78, 5) is 0. The highest BCUT2D eigenvalue weighted by atomic mass is 16.7. The second kappa shape index (κ2) is 19.4. The van der Waals surface area contributed by atoms with E-state index in [1.807, 2.05) is 13.8 Å². The third-order valence-electron chi connectivity index (χ3n) is 18.1. The molecule has 8 aliphatic rings. The summed E-state index contributed by atoms with van der Waals surface area (Å²) in [5, 5.41) is 139. The van der Waals surface area contributed by atoms with Gasteiger partial charge < -0.3 is 99.5 Å². The van der Waals surface area contributed by atoms with E-state index < -0.39 is 135 Å². The Morgan fingerprint density at radius 3 is 1.86 bits per heavy atom. The Morgan fingerprint density at radius 2 is 1.23 bits per heavy atom. The molecule has 8 rings (SSSR count). The van der Waals surface area contributed by atoms with Crippen LogP contribution >= 0.6 is 0 Å². The van der Waals surface area contributed by atoms with Crippen LogP contribution in [0.25, 0.3) is 0 Å². The van der Waals surface area contributed by atoms with Crippen LogP contribution in [0.15, 0.2) is 0 Å². The number of aliphatic hydroxyl groups excluding tert-OH is 12. The van der Waals surface area contributed by atoms with Crippen molar-refractivity contribution in [2.75, 3.05) is 26.4 Å². The molecule has 4 saturated carbocycles. The summed E-state index contributed by atoms with van der Waals surface area (Å²) >= 11 is 0. The molecule has 65 heavy (non-hydrogen) atoms. The van der Waals surface area contributed by atoms with E-state index in [4.69, 9.17) is 33.2 Å². The maximum Gasteiger partial charge on any atom is 0.187 e. The van der Waals surface area contributed by atoms with Gasteiger partial charge in [0.1, 0.15) is 73.2 Å². The fourth-order valence-electron chi connectivity index (χ4n) is 14.2. The molecule has 28 atom stereocenters. The van der Waals surface area contributed by atoms with E-state index in [0.717, 1.165) is 25.7 Å². The highest BCUT2D eigenvalue weighted by Crippen LogP contribution is 2.71. The van der Waals surface area contributed by atoms with Crippen LogP contribution in [0.3, 0.4) is 0 Å². The minimum absolute atomic E-state index is 0.0601. The Balaban J connectivity index is 1.03. The summed E-state index contributed by atoms with van der Waals surface area (Å²) < 4.78 is 42.7. The smallest absolute Gasteiger partial charge is 0.187 e. The molecule has 0 spiro atoms. The maximum atomic E-state index is 12.4. The molecule has 8 fully saturated rings. The molecule has 4 aliphatic carbocycles. The number of aliphatic hydroxyl groups is 13. The van der Waals surface area contributed by atoms with Crippen molar-refractivity contribution in [1.82, 2.24) is 0 Å². The van der Waals surface area contributed by atoms with Crippen molar-refractivity contribution < 1.29 is 99.5 Å². The molecular formula is C45H76O20. The first-order valence-electron chi connectivity index (χ1n) is 24.0. The van der Waals surface area contributed by atoms with Gasteiger partial charge in [0.2, 0.25) is 0 Å². The lowest BCUT2D eigenvalue weighted by Crippen LogP contribution is -2.66. The molecule has 0 aromatic heterocycles. The number of hydrogen-bond donors (Lipinski definition) is 13. The second-order valence-corrected chi connectivity index (χ2v) is 21.5. The topological polar surface area (TPSA) is 328 Å². The molecule has 1 unspecified atom stereocenters. The quantitative estimate of drug-likeness (QED) is 0.0829. The maximum absolute atomic E-state index is 12.4. The molecule has 0 radical (unpaired) electrons. The fraction of sp³-hybridized carbons (Fsp3) is 1.00. The third kappa shape index (κ3) is 8.78. The van der Waals surface area contributed by atoms with Gasteiger partial charge >= 0.3 is 0 Å². The average Bonchev–Trinajstić information content (AvgIpc) is 3.72. The van der Waals surface area contributed by atoms with Crippen molar-refractivity contribution in [3.63, 3.8) is 0 Å². The molecule has 376 valence electrons. The van der Waals surface area contributed by atoms with Crippen molar-refractivity contribution in [3.8, 4) is 0 Å². The zero-order valence-corrected chi connectivity index (χ0v) is 37.8. The van der Waals surface area contributed by atoms with Crippen LogP contribution in [0.1, 0.15) is 85.5 Å². The van der Waals surface area contributed by atoms with E-state index in [0.29, 0.717) is 31.6 Å². The average molecular weight is 937 g/mol. The zero-order chi connectivity index (χ0) is 47.1. The van der Waals surface area contributed by atoms with Crippen LogP contribution in [-0.4, -0.2) is 209 Å². The van der Waals surface area contributed by atoms with E-state index >= 15 is 0 Å². The summed E-state index contributed by atoms with van der Waals surface area (Å²) in [5.74, 6) is -1.58. The van der Waals surface area contributed by atoms with Crippen LogP contribution in [0.2, 0.25) is 0 Å². The largest absolute Gasteiger partial charge is 0.394 e. The first-order valence-corrected chi connectivity index (χ1v) is 24.0. The Kier molecular flexibility index (Phi) is 15.1. The first-order chi connectivity index (χ1) is 30.7. The van der Waals surface area contributed by atoms with Gasteiger partial charge in [-0.05, 0) is 86.4 Å². The van der Waals surface area contributed by atoms with Crippen LogP contribution in [0, 0.1) is 52.3 Å². The normalized spacial score (nSPS) is 56.1. The molecular weight excluding hydrogens is 860 g/mol. The lowest BCUT2D eigenvalue weighted by Gasteiger charge is -2.63. The number of fused-ring (bicyclic) bond motifs is 7. The van der Waals surface area contributed by atoms with Gasteiger partial charge in [0.25, 0.3) is 0 Å². The van der Waals surface area contributed by atoms with Gasteiger partial charge in [-0.25, -0.2) is 0 Å².